The van der Waals surface area contributed by atoms with E-state index in [0.29, 0.717) is 5.92 Å². The number of imidazole rings is 1. The average Bonchev–Trinajstić information content (AvgIpc) is 2.43. The zero-order valence-electron chi connectivity index (χ0n) is 8.78. The van der Waals surface area contributed by atoms with Crippen LogP contribution in [-0.2, 0) is 0 Å². The Morgan fingerprint density at radius 2 is 2.14 bits per heavy atom. The number of aromatic nitrogens is 2. The zero-order chi connectivity index (χ0) is 10.3. The van der Waals surface area contributed by atoms with Gasteiger partial charge in [-0.25, -0.2) is 4.98 Å². The van der Waals surface area contributed by atoms with Gasteiger partial charge in [0.1, 0.15) is 5.65 Å². The summed E-state index contributed by atoms with van der Waals surface area (Å²) < 4.78 is 2.08. The largest absolute Gasteiger partial charge is 0.399 e. The molecule has 2 N–H and O–H groups in total. The van der Waals surface area contributed by atoms with Crippen LogP contribution in [-0.4, -0.2) is 9.38 Å². The van der Waals surface area contributed by atoms with E-state index in [1.807, 2.05) is 18.3 Å². The lowest BCUT2D eigenvalue weighted by Crippen LogP contribution is -1.92. The number of nitrogens with zero attached hydrogens (tertiary/aromatic N) is 2. The van der Waals surface area contributed by atoms with Crippen LogP contribution in [0.15, 0.2) is 18.3 Å². The summed E-state index contributed by atoms with van der Waals surface area (Å²) in [6.07, 6.45) is 1.97. The summed E-state index contributed by atoms with van der Waals surface area (Å²) in [5, 5.41) is 0. The van der Waals surface area contributed by atoms with Gasteiger partial charge in [-0.3, -0.25) is 0 Å². The average molecular weight is 189 g/mol. The van der Waals surface area contributed by atoms with Gasteiger partial charge in [0.2, 0.25) is 0 Å². The molecule has 0 bridgehead atoms. The lowest BCUT2D eigenvalue weighted by molar-refractivity contribution is 0.821. The molecule has 0 aliphatic carbocycles. The normalized spacial score (nSPS) is 11.4. The SMILES string of the molecule is Cc1c(C(C)C)nc2cc(N)ccn12. The van der Waals surface area contributed by atoms with Crippen LogP contribution < -0.4 is 5.73 Å². The van der Waals surface area contributed by atoms with Crippen LogP contribution in [0.1, 0.15) is 31.2 Å². The standard InChI is InChI=1S/C11H15N3/c1-7(2)11-8(3)14-5-4-9(12)6-10(14)13-11/h4-7H,12H2,1-3H3. The Balaban J connectivity index is 2.73. The van der Waals surface area contributed by atoms with Gasteiger partial charge in [-0.15, -0.1) is 0 Å². The van der Waals surface area contributed by atoms with Gasteiger partial charge in [0.25, 0.3) is 0 Å². The third-order valence-electron chi connectivity index (χ3n) is 2.47. The molecule has 0 spiro atoms. The number of hydrogen-bond acceptors (Lipinski definition) is 2. The minimum Gasteiger partial charge on any atom is -0.399 e. The first-order valence-electron chi connectivity index (χ1n) is 4.83. The molecule has 2 rings (SSSR count). The number of anilines is 1. The number of fused-ring (bicyclic) bond motifs is 1. The molecule has 0 atom stereocenters. The van der Waals surface area contributed by atoms with Crippen molar-refractivity contribution < 1.29 is 0 Å². The zero-order valence-corrected chi connectivity index (χ0v) is 8.78. The Morgan fingerprint density at radius 3 is 2.79 bits per heavy atom. The van der Waals surface area contributed by atoms with Gasteiger partial charge in [-0.1, -0.05) is 13.8 Å². The monoisotopic (exact) mass is 189 g/mol. The maximum Gasteiger partial charge on any atom is 0.139 e. The molecule has 0 unspecified atom stereocenters. The molecule has 3 nitrogen and oxygen atoms in total. The molecule has 3 heteroatoms. The van der Waals surface area contributed by atoms with Gasteiger partial charge in [0, 0.05) is 23.6 Å². The molecule has 0 aromatic carbocycles. The molecule has 2 aromatic rings. The van der Waals surface area contributed by atoms with Gasteiger partial charge in [0.05, 0.1) is 5.69 Å². The predicted octanol–water partition coefficient (Wildman–Crippen LogP) is 2.35. The molecule has 0 saturated heterocycles. The predicted molar refractivity (Wildman–Crippen MR) is 58.4 cm³/mol. The molecule has 0 fully saturated rings. The number of rotatable bonds is 1. The second-order valence-electron chi connectivity index (χ2n) is 3.93. The molecular weight excluding hydrogens is 174 g/mol. The van der Waals surface area contributed by atoms with Crippen molar-refractivity contribution in [2.45, 2.75) is 26.7 Å². The van der Waals surface area contributed by atoms with Crippen molar-refractivity contribution in [3.8, 4) is 0 Å². The lowest BCUT2D eigenvalue weighted by atomic mass is 10.1. The molecule has 0 saturated carbocycles. The first-order chi connectivity index (χ1) is 6.59. The van der Waals surface area contributed by atoms with E-state index >= 15 is 0 Å². The Morgan fingerprint density at radius 1 is 1.43 bits per heavy atom. The number of pyridine rings is 1. The van der Waals surface area contributed by atoms with E-state index in [4.69, 9.17) is 5.73 Å². The second kappa shape index (κ2) is 3.01. The smallest absolute Gasteiger partial charge is 0.139 e. The van der Waals surface area contributed by atoms with Crippen molar-refractivity contribution in [3.63, 3.8) is 0 Å². The van der Waals surface area contributed by atoms with Crippen LogP contribution in [0, 0.1) is 6.92 Å². The van der Waals surface area contributed by atoms with Gasteiger partial charge in [-0.2, -0.15) is 0 Å². The van der Waals surface area contributed by atoms with E-state index in [0.717, 1.165) is 17.0 Å². The van der Waals surface area contributed by atoms with Crippen LogP contribution >= 0.6 is 0 Å². The summed E-state index contributed by atoms with van der Waals surface area (Å²) in [6.45, 7) is 6.39. The minimum absolute atomic E-state index is 0.455. The fourth-order valence-corrected chi connectivity index (χ4v) is 1.75. The van der Waals surface area contributed by atoms with E-state index in [9.17, 15) is 0 Å². The van der Waals surface area contributed by atoms with Crippen molar-refractivity contribution >= 4 is 11.3 Å². The summed E-state index contributed by atoms with van der Waals surface area (Å²) in [5.74, 6) is 0.455. The molecule has 0 radical (unpaired) electrons. The molecule has 0 aliphatic heterocycles. The number of nitrogen functional groups attached to an aromatic ring is 1. The number of hydrogen-bond donors (Lipinski definition) is 1. The maximum atomic E-state index is 5.71. The summed E-state index contributed by atoms with van der Waals surface area (Å²) in [6, 6.07) is 3.80. The molecule has 0 amide bonds. The van der Waals surface area contributed by atoms with Crippen molar-refractivity contribution in [3.05, 3.63) is 29.7 Å². The number of nitrogens with two attached hydrogens (primary N) is 1. The molecule has 2 heterocycles. The van der Waals surface area contributed by atoms with Crippen molar-refractivity contribution in [2.24, 2.45) is 0 Å². The van der Waals surface area contributed by atoms with E-state index in [1.54, 1.807) is 0 Å². The summed E-state index contributed by atoms with van der Waals surface area (Å²) in [7, 11) is 0. The highest BCUT2D eigenvalue weighted by molar-refractivity contribution is 5.53. The Bertz CT molecular complexity index is 469. The molecule has 2 aromatic heterocycles. The van der Waals surface area contributed by atoms with E-state index < -0.39 is 0 Å². The first-order valence-corrected chi connectivity index (χ1v) is 4.83. The van der Waals surface area contributed by atoms with Crippen molar-refractivity contribution in [2.75, 3.05) is 5.73 Å². The topological polar surface area (TPSA) is 43.3 Å². The first kappa shape index (κ1) is 9.06. The summed E-state index contributed by atoms with van der Waals surface area (Å²) in [4.78, 5) is 4.56. The Kier molecular flexibility index (Phi) is 1.95. The van der Waals surface area contributed by atoms with Gasteiger partial charge < -0.3 is 10.1 Å². The highest BCUT2D eigenvalue weighted by Crippen LogP contribution is 2.20. The van der Waals surface area contributed by atoms with Crippen LogP contribution in [0.5, 0.6) is 0 Å². The van der Waals surface area contributed by atoms with Gasteiger partial charge in [0.15, 0.2) is 0 Å². The van der Waals surface area contributed by atoms with E-state index in [-0.39, 0.29) is 0 Å². The number of aryl methyl sites for hydroxylation is 1. The molecule has 74 valence electrons. The second-order valence-corrected chi connectivity index (χ2v) is 3.93. The fraction of sp³-hybridized carbons (Fsp3) is 0.364. The quantitative estimate of drug-likeness (QED) is 0.748. The van der Waals surface area contributed by atoms with Gasteiger partial charge >= 0.3 is 0 Å². The van der Waals surface area contributed by atoms with E-state index in [1.165, 1.54) is 5.69 Å². The molecule has 0 aliphatic rings. The molecule has 14 heavy (non-hydrogen) atoms. The van der Waals surface area contributed by atoms with Crippen LogP contribution in [0.2, 0.25) is 0 Å². The highest BCUT2D eigenvalue weighted by atomic mass is 15.0. The highest BCUT2D eigenvalue weighted by Gasteiger charge is 2.10. The van der Waals surface area contributed by atoms with Crippen LogP contribution in [0.3, 0.4) is 0 Å². The molecular formula is C11H15N3. The third-order valence-corrected chi connectivity index (χ3v) is 2.47. The summed E-state index contributed by atoms with van der Waals surface area (Å²) >= 11 is 0. The Hall–Kier alpha value is -1.51. The minimum atomic E-state index is 0.455. The van der Waals surface area contributed by atoms with Crippen LogP contribution in [0.4, 0.5) is 5.69 Å². The van der Waals surface area contributed by atoms with E-state index in [2.05, 4.69) is 30.2 Å². The Labute approximate surface area is 83.6 Å². The summed E-state index contributed by atoms with van der Waals surface area (Å²) in [5.41, 5.74) is 9.76. The van der Waals surface area contributed by atoms with Crippen LogP contribution in [0.25, 0.3) is 5.65 Å². The third kappa shape index (κ3) is 1.25. The lowest BCUT2D eigenvalue weighted by Gasteiger charge is -2.01. The van der Waals surface area contributed by atoms with Crippen molar-refractivity contribution in [1.82, 2.24) is 9.38 Å². The van der Waals surface area contributed by atoms with Crippen molar-refractivity contribution in [1.29, 1.82) is 0 Å². The van der Waals surface area contributed by atoms with Gasteiger partial charge in [-0.05, 0) is 18.9 Å². The fourth-order valence-electron chi connectivity index (χ4n) is 1.75. The maximum absolute atomic E-state index is 5.71.